The van der Waals surface area contributed by atoms with Gasteiger partial charge in [0.2, 0.25) is 5.91 Å². The highest BCUT2D eigenvalue weighted by atomic mass is 35.5. The molecule has 1 aromatic rings. The lowest BCUT2D eigenvalue weighted by Gasteiger charge is -2.17. The van der Waals surface area contributed by atoms with Gasteiger partial charge in [0, 0.05) is 30.6 Å². The van der Waals surface area contributed by atoms with Gasteiger partial charge in [-0.3, -0.25) is 9.59 Å². The van der Waals surface area contributed by atoms with Gasteiger partial charge in [-0.25, -0.2) is 0 Å². The largest absolute Gasteiger partial charge is 0.493 e. The molecular weight excluding hydrogens is 368 g/mol. The SMILES string of the molecule is CCN1CCC(COc2cc(NC(=O)C3CCCC3=O)ccc2OC)C1.Cl. The summed E-state index contributed by atoms with van der Waals surface area (Å²) < 4.78 is 11.4. The molecule has 150 valence electrons. The van der Waals surface area contributed by atoms with Crippen LogP contribution in [-0.4, -0.2) is 49.9 Å². The van der Waals surface area contributed by atoms with Gasteiger partial charge in [-0.05, 0) is 44.5 Å². The Morgan fingerprint density at radius 2 is 2.11 bits per heavy atom. The van der Waals surface area contributed by atoms with Crippen LogP contribution in [-0.2, 0) is 9.59 Å². The first kappa shape index (κ1) is 21.5. The zero-order valence-electron chi connectivity index (χ0n) is 16.0. The molecule has 2 atom stereocenters. The van der Waals surface area contributed by atoms with Crippen molar-refractivity contribution in [1.29, 1.82) is 0 Å². The van der Waals surface area contributed by atoms with Crippen LogP contribution in [0.3, 0.4) is 0 Å². The summed E-state index contributed by atoms with van der Waals surface area (Å²) in [6.07, 6.45) is 3.07. The molecule has 27 heavy (non-hydrogen) atoms. The normalized spacial score (nSPS) is 22.4. The lowest BCUT2D eigenvalue weighted by Crippen LogP contribution is -2.25. The number of Topliss-reactive ketones (excluding diaryl/α,β-unsaturated/α-hetero) is 1. The van der Waals surface area contributed by atoms with Crippen LogP contribution in [0.2, 0.25) is 0 Å². The fourth-order valence-corrected chi connectivity index (χ4v) is 3.73. The molecule has 1 N–H and O–H groups in total. The zero-order valence-corrected chi connectivity index (χ0v) is 16.8. The highest BCUT2D eigenvalue weighted by Crippen LogP contribution is 2.32. The molecule has 1 heterocycles. The van der Waals surface area contributed by atoms with E-state index in [-0.39, 0.29) is 24.1 Å². The fourth-order valence-electron chi connectivity index (χ4n) is 3.73. The minimum absolute atomic E-state index is 0. The second kappa shape index (κ2) is 9.95. The van der Waals surface area contributed by atoms with Crippen molar-refractivity contribution in [1.82, 2.24) is 4.90 Å². The van der Waals surface area contributed by atoms with E-state index in [0.29, 0.717) is 42.6 Å². The average Bonchev–Trinajstić information content (AvgIpc) is 3.28. The van der Waals surface area contributed by atoms with Crippen molar-refractivity contribution in [3.05, 3.63) is 18.2 Å². The molecular formula is C20H29ClN2O4. The van der Waals surface area contributed by atoms with E-state index in [9.17, 15) is 9.59 Å². The molecule has 1 aliphatic heterocycles. The van der Waals surface area contributed by atoms with E-state index >= 15 is 0 Å². The van der Waals surface area contributed by atoms with Gasteiger partial charge in [0.25, 0.3) is 0 Å². The van der Waals surface area contributed by atoms with Crippen molar-refractivity contribution in [3.63, 3.8) is 0 Å². The summed E-state index contributed by atoms with van der Waals surface area (Å²) in [5, 5.41) is 2.85. The Balaban J connectivity index is 0.00000261. The maximum atomic E-state index is 12.3. The maximum Gasteiger partial charge on any atom is 0.234 e. The first-order chi connectivity index (χ1) is 12.6. The summed E-state index contributed by atoms with van der Waals surface area (Å²) >= 11 is 0. The first-order valence-electron chi connectivity index (χ1n) is 9.47. The number of hydrogen-bond acceptors (Lipinski definition) is 5. The summed E-state index contributed by atoms with van der Waals surface area (Å²) in [5.41, 5.74) is 0.632. The van der Waals surface area contributed by atoms with Gasteiger partial charge in [0.05, 0.1) is 19.6 Å². The predicted molar refractivity (Wildman–Crippen MR) is 107 cm³/mol. The van der Waals surface area contributed by atoms with Crippen molar-refractivity contribution >= 4 is 29.8 Å². The molecule has 7 heteroatoms. The minimum Gasteiger partial charge on any atom is -0.493 e. The Morgan fingerprint density at radius 1 is 1.30 bits per heavy atom. The highest BCUT2D eigenvalue weighted by molar-refractivity contribution is 6.08. The number of anilines is 1. The Morgan fingerprint density at radius 3 is 2.74 bits per heavy atom. The van der Waals surface area contributed by atoms with E-state index in [0.717, 1.165) is 32.5 Å². The number of carbonyl (C=O) groups is 2. The molecule has 6 nitrogen and oxygen atoms in total. The Hall–Kier alpha value is -1.79. The molecule has 0 radical (unpaired) electrons. The van der Waals surface area contributed by atoms with Gasteiger partial charge in [-0.1, -0.05) is 6.92 Å². The molecule has 0 aromatic heterocycles. The number of methoxy groups -OCH3 is 1. The van der Waals surface area contributed by atoms with Crippen LogP contribution < -0.4 is 14.8 Å². The molecule has 2 aliphatic rings. The number of nitrogens with zero attached hydrogens (tertiary/aromatic N) is 1. The summed E-state index contributed by atoms with van der Waals surface area (Å²) in [7, 11) is 1.60. The van der Waals surface area contributed by atoms with Crippen LogP contribution in [0.5, 0.6) is 11.5 Å². The number of ether oxygens (including phenoxy) is 2. The summed E-state index contributed by atoms with van der Waals surface area (Å²) in [6.45, 7) is 6.05. The van der Waals surface area contributed by atoms with Gasteiger partial charge >= 0.3 is 0 Å². The number of rotatable bonds is 7. The smallest absolute Gasteiger partial charge is 0.234 e. The van der Waals surface area contributed by atoms with Gasteiger partial charge in [-0.2, -0.15) is 0 Å². The van der Waals surface area contributed by atoms with Crippen LogP contribution in [0.15, 0.2) is 18.2 Å². The molecule has 0 spiro atoms. The summed E-state index contributed by atoms with van der Waals surface area (Å²) in [5.74, 6) is 1.07. The van der Waals surface area contributed by atoms with E-state index in [1.807, 2.05) is 0 Å². The molecule has 1 saturated carbocycles. The van der Waals surface area contributed by atoms with Crippen molar-refractivity contribution < 1.29 is 19.1 Å². The van der Waals surface area contributed by atoms with E-state index < -0.39 is 5.92 Å². The lowest BCUT2D eigenvalue weighted by molar-refractivity contribution is -0.129. The lowest BCUT2D eigenvalue weighted by atomic mass is 10.1. The van der Waals surface area contributed by atoms with Gasteiger partial charge in [0.1, 0.15) is 5.78 Å². The van der Waals surface area contributed by atoms with Crippen LogP contribution >= 0.6 is 12.4 Å². The van der Waals surface area contributed by atoms with Gasteiger partial charge < -0.3 is 19.7 Å². The number of halogens is 1. The van der Waals surface area contributed by atoms with Crippen molar-refractivity contribution in [3.8, 4) is 11.5 Å². The molecule has 1 amide bonds. The third kappa shape index (κ3) is 5.36. The molecule has 1 aliphatic carbocycles. The number of nitrogens with one attached hydrogen (secondary N) is 1. The second-order valence-electron chi connectivity index (χ2n) is 7.12. The molecule has 3 rings (SSSR count). The van der Waals surface area contributed by atoms with Gasteiger partial charge in [-0.15, -0.1) is 12.4 Å². The second-order valence-corrected chi connectivity index (χ2v) is 7.12. The van der Waals surface area contributed by atoms with Crippen molar-refractivity contribution in [2.45, 2.75) is 32.6 Å². The van der Waals surface area contributed by atoms with E-state index in [1.54, 1.807) is 25.3 Å². The number of likely N-dealkylation sites (tertiary alicyclic amines) is 1. The number of carbonyl (C=O) groups excluding carboxylic acids is 2. The first-order valence-corrected chi connectivity index (χ1v) is 9.47. The highest BCUT2D eigenvalue weighted by Gasteiger charge is 2.31. The summed E-state index contributed by atoms with van der Waals surface area (Å²) in [6, 6.07) is 5.34. The summed E-state index contributed by atoms with van der Waals surface area (Å²) in [4.78, 5) is 26.5. The fraction of sp³-hybridized carbons (Fsp3) is 0.600. The molecule has 1 saturated heterocycles. The zero-order chi connectivity index (χ0) is 18.5. The van der Waals surface area contributed by atoms with Crippen LogP contribution in [0.4, 0.5) is 5.69 Å². The maximum absolute atomic E-state index is 12.3. The third-order valence-electron chi connectivity index (χ3n) is 5.34. The van der Waals surface area contributed by atoms with E-state index in [2.05, 4.69) is 17.1 Å². The van der Waals surface area contributed by atoms with Gasteiger partial charge in [0.15, 0.2) is 11.5 Å². The monoisotopic (exact) mass is 396 g/mol. The topological polar surface area (TPSA) is 67.9 Å². The quantitative estimate of drug-likeness (QED) is 0.717. The Labute approximate surface area is 167 Å². The van der Waals surface area contributed by atoms with Crippen LogP contribution in [0.25, 0.3) is 0 Å². The molecule has 1 aromatic carbocycles. The predicted octanol–water partition coefficient (Wildman–Crippen LogP) is 3.15. The number of ketones is 1. The third-order valence-corrected chi connectivity index (χ3v) is 5.34. The number of amides is 1. The number of benzene rings is 1. The Kier molecular flexibility index (Phi) is 7.92. The Bertz CT molecular complexity index is 667. The molecule has 0 bridgehead atoms. The van der Waals surface area contributed by atoms with E-state index in [4.69, 9.17) is 9.47 Å². The van der Waals surface area contributed by atoms with Crippen LogP contribution in [0, 0.1) is 11.8 Å². The number of hydrogen-bond donors (Lipinski definition) is 1. The van der Waals surface area contributed by atoms with E-state index in [1.165, 1.54) is 0 Å². The standard InChI is InChI=1S/C20H28N2O4.ClH/c1-3-22-10-9-14(12-22)13-26-19-11-15(7-8-18(19)25-2)21-20(24)16-5-4-6-17(16)23;/h7-8,11,14,16H,3-6,9-10,12-13H2,1-2H3,(H,21,24);1H. The molecule has 2 unspecified atom stereocenters. The molecule has 2 fully saturated rings. The van der Waals surface area contributed by atoms with Crippen molar-refractivity contribution in [2.75, 3.05) is 38.7 Å². The van der Waals surface area contributed by atoms with Crippen LogP contribution in [0.1, 0.15) is 32.6 Å². The minimum atomic E-state index is -0.514. The van der Waals surface area contributed by atoms with Crippen molar-refractivity contribution in [2.24, 2.45) is 11.8 Å². The average molecular weight is 397 g/mol.